The molecule has 3 aliphatic heterocycles. The van der Waals surface area contributed by atoms with Gasteiger partial charge in [0.1, 0.15) is 19.1 Å². The van der Waals surface area contributed by atoms with Gasteiger partial charge in [-0.15, -0.1) is 0 Å². The normalized spacial score (nSPS) is 43.0. The first-order chi connectivity index (χ1) is 16.9. The predicted octanol–water partition coefficient (Wildman–Crippen LogP) is 6.46. The third kappa shape index (κ3) is 2.66. The van der Waals surface area contributed by atoms with Crippen LogP contribution in [0.15, 0.2) is 60.0 Å². The molecule has 182 valence electrons. The number of nitrogens with zero attached hydrogens (tertiary/aromatic N) is 2. The largest absolute Gasteiger partial charge is 0.359 e. The lowest BCUT2D eigenvalue weighted by Gasteiger charge is -2.55. The topological polar surface area (TPSA) is 42.4 Å². The van der Waals surface area contributed by atoms with E-state index in [1.54, 1.807) is 0 Å². The summed E-state index contributed by atoms with van der Waals surface area (Å²) in [7, 11) is 0. The van der Waals surface area contributed by atoms with Gasteiger partial charge in [-0.2, -0.15) is 4.65 Å². The molecule has 2 bridgehead atoms. The molecule has 6 aliphatic rings. The number of fused-ring (bicyclic) bond motifs is 2. The highest BCUT2D eigenvalue weighted by molar-refractivity contribution is 5.82. The average Bonchev–Trinajstić information content (AvgIpc) is 3.37. The first kappa shape index (κ1) is 21.1. The lowest BCUT2D eigenvalue weighted by atomic mass is 9.58. The van der Waals surface area contributed by atoms with Gasteiger partial charge in [-0.1, -0.05) is 31.2 Å². The Hall–Kier alpha value is -2.01. The average molecular weight is 470 g/mol. The zero-order chi connectivity index (χ0) is 23.5. The van der Waals surface area contributed by atoms with E-state index in [9.17, 15) is 5.21 Å². The van der Waals surface area contributed by atoms with Gasteiger partial charge in [-0.05, 0) is 90.0 Å². The summed E-state index contributed by atoms with van der Waals surface area (Å²) in [6.45, 7) is 4.41. The molecule has 1 N–H and O–H groups in total. The zero-order valence-corrected chi connectivity index (χ0v) is 20.9. The Morgan fingerprint density at radius 1 is 1.09 bits per heavy atom. The molecule has 0 radical (unpaired) electrons. The lowest BCUT2D eigenvalue weighted by molar-refractivity contribution is -1.15. The Morgan fingerprint density at radius 2 is 2.00 bits per heavy atom. The summed E-state index contributed by atoms with van der Waals surface area (Å²) in [6.07, 6.45) is 19.3. The van der Waals surface area contributed by atoms with Gasteiger partial charge in [0.05, 0.1) is 17.6 Å². The van der Waals surface area contributed by atoms with Crippen molar-refractivity contribution >= 4 is 10.8 Å². The van der Waals surface area contributed by atoms with Crippen LogP contribution < -0.4 is 0 Å². The van der Waals surface area contributed by atoms with E-state index >= 15 is 0 Å². The van der Waals surface area contributed by atoms with Crippen molar-refractivity contribution < 1.29 is 14.6 Å². The second-order valence-corrected chi connectivity index (χ2v) is 12.9. The number of hydrogen-bond acceptors (Lipinski definition) is 3. The van der Waals surface area contributed by atoms with Crippen LogP contribution in [0.1, 0.15) is 76.2 Å². The summed E-state index contributed by atoms with van der Waals surface area (Å²) in [4.78, 5) is 4.38. The van der Waals surface area contributed by atoms with Crippen molar-refractivity contribution in [2.75, 3.05) is 13.1 Å². The number of quaternary nitrogens is 1. The van der Waals surface area contributed by atoms with Crippen LogP contribution in [0.4, 0.5) is 0 Å². The molecule has 3 aliphatic carbocycles. The van der Waals surface area contributed by atoms with Gasteiger partial charge in [-0.3, -0.25) is 4.98 Å². The van der Waals surface area contributed by atoms with Gasteiger partial charge in [0.15, 0.2) is 0 Å². The summed E-state index contributed by atoms with van der Waals surface area (Å²) in [5, 5.41) is 13.7. The molecule has 6 unspecified atom stereocenters. The number of likely N-dealkylation sites (tertiary alicyclic amines) is 1. The number of benzene rings is 1. The van der Waals surface area contributed by atoms with Gasteiger partial charge >= 0.3 is 0 Å². The summed E-state index contributed by atoms with van der Waals surface area (Å²) in [5.41, 5.74) is 4.45. The molecule has 4 heterocycles. The maximum Gasteiger partial charge on any atom is 0.122 e. The highest BCUT2D eigenvalue weighted by Crippen LogP contribution is 2.69. The van der Waals surface area contributed by atoms with E-state index < -0.39 is 0 Å². The molecule has 6 atom stereocenters. The zero-order valence-electron chi connectivity index (χ0n) is 20.9. The van der Waals surface area contributed by atoms with E-state index in [1.165, 1.54) is 40.3 Å². The monoisotopic (exact) mass is 469 g/mol. The maximum absolute atomic E-state index is 11.2. The Kier molecular flexibility index (Phi) is 4.13. The molecule has 1 aromatic carbocycles. The van der Waals surface area contributed by atoms with Gasteiger partial charge < -0.3 is 4.74 Å². The standard InChI is InChI=1S/C31H37N2O2/c1-29-11-9-25-18-24-5-6-26(33(34)15-2-16-33)19-30(24)12-13-31(25,35-30)28(29)8-7-27(29)22-4-3-21-10-14-32-20-23(21)17-22/h3-4,9-10,14,17-18,20,26-28,34H,2,5-8,11-13,15-16,19H2,1H3/q+1. The molecule has 2 saturated carbocycles. The van der Waals surface area contributed by atoms with Crippen molar-refractivity contribution in [3.63, 3.8) is 0 Å². The fourth-order valence-electron chi connectivity index (χ4n) is 9.51. The van der Waals surface area contributed by atoms with Crippen LogP contribution in [0.3, 0.4) is 0 Å². The smallest absolute Gasteiger partial charge is 0.122 e. The first-order valence-electron chi connectivity index (χ1n) is 14.0. The number of hydroxylamine groups is 3. The fraction of sp³-hybridized carbons (Fsp3) is 0.581. The summed E-state index contributed by atoms with van der Waals surface area (Å²) in [5.74, 6) is 1.12. The predicted molar refractivity (Wildman–Crippen MR) is 136 cm³/mol. The molecular formula is C31H37N2O2+. The number of ether oxygens (including phenoxy) is 1. The van der Waals surface area contributed by atoms with Crippen molar-refractivity contribution in [3.8, 4) is 0 Å². The van der Waals surface area contributed by atoms with Gasteiger partial charge in [0.2, 0.25) is 0 Å². The van der Waals surface area contributed by atoms with E-state index in [1.807, 2.05) is 12.4 Å². The molecular weight excluding hydrogens is 432 g/mol. The molecule has 2 aromatic rings. The van der Waals surface area contributed by atoms with E-state index in [-0.39, 0.29) is 16.6 Å². The quantitative estimate of drug-likeness (QED) is 0.514. The van der Waals surface area contributed by atoms with Crippen LogP contribution in [-0.2, 0) is 4.74 Å². The van der Waals surface area contributed by atoms with Crippen LogP contribution in [0, 0.1) is 11.3 Å². The van der Waals surface area contributed by atoms with Crippen LogP contribution >= 0.6 is 0 Å². The number of allylic oxidation sites excluding steroid dienone is 1. The lowest BCUT2D eigenvalue weighted by Crippen LogP contribution is -2.65. The first-order valence-corrected chi connectivity index (χ1v) is 14.0. The molecule has 35 heavy (non-hydrogen) atoms. The van der Waals surface area contributed by atoms with Crippen LogP contribution in [0.5, 0.6) is 0 Å². The maximum atomic E-state index is 11.2. The Labute approximate surface area is 208 Å². The third-order valence-corrected chi connectivity index (χ3v) is 11.5. The van der Waals surface area contributed by atoms with Gasteiger partial charge in [0.25, 0.3) is 0 Å². The summed E-state index contributed by atoms with van der Waals surface area (Å²) in [6, 6.07) is 9.51. The second kappa shape index (κ2) is 6.85. The SMILES string of the molecule is CC12CC=C3C=C4CCC([N+]5(O)CCC5)CC45CCC3(O5)C1CCC2c1ccc2ccncc2c1. The highest BCUT2D eigenvalue weighted by Gasteiger charge is 2.67. The van der Waals surface area contributed by atoms with Crippen molar-refractivity contribution in [2.45, 2.75) is 87.9 Å². The third-order valence-electron chi connectivity index (χ3n) is 11.5. The number of hydrogen-bond donors (Lipinski definition) is 1. The highest BCUT2D eigenvalue weighted by atomic mass is 16.6. The molecule has 4 heteroatoms. The Balaban J connectivity index is 1.16. The van der Waals surface area contributed by atoms with Crippen LogP contribution in [0.25, 0.3) is 10.8 Å². The Morgan fingerprint density at radius 3 is 2.86 bits per heavy atom. The van der Waals surface area contributed by atoms with Crippen molar-refractivity contribution in [1.82, 2.24) is 4.98 Å². The van der Waals surface area contributed by atoms with E-state index in [2.05, 4.69) is 48.3 Å². The van der Waals surface area contributed by atoms with Gasteiger partial charge in [-0.25, -0.2) is 5.21 Å². The van der Waals surface area contributed by atoms with Crippen molar-refractivity contribution in [2.24, 2.45) is 11.3 Å². The van der Waals surface area contributed by atoms with E-state index in [4.69, 9.17) is 4.74 Å². The number of aromatic nitrogens is 1. The molecule has 4 fully saturated rings. The van der Waals surface area contributed by atoms with E-state index in [0.717, 1.165) is 58.0 Å². The van der Waals surface area contributed by atoms with E-state index in [0.29, 0.717) is 22.5 Å². The molecule has 0 amide bonds. The minimum atomic E-state index is -0.130. The molecule has 8 rings (SSSR count). The molecule has 2 saturated heterocycles. The van der Waals surface area contributed by atoms with Crippen LogP contribution in [0.2, 0.25) is 0 Å². The van der Waals surface area contributed by atoms with Crippen molar-refractivity contribution in [1.29, 1.82) is 0 Å². The number of rotatable bonds is 2. The minimum Gasteiger partial charge on any atom is -0.359 e. The molecule has 4 nitrogen and oxygen atoms in total. The van der Waals surface area contributed by atoms with Crippen LogP contribution in [-0.4, -0.2) is 45.2 Å². The molecule has 1 aromatic heterocycles. The fourth-order valence-corrected chi connectivity index (χ4v) is 9.51. The summed E-state index contributed by atoms with van der Waals surface area (Å²) >= 11 is 0. The summed E-state index contributed by atoms with van der Waals surface area (Å²) < 4.78 is 7.74. The minimum absolute atomic E-state index is 0.124. The Bertz CT molecular complexity index is 1290. The molecule has 2 spiro atoms. The number of pyridine rings is 1. The van der Waals surface area contributed by atoms with Gasteiger partial charge in [0, 0.05) is 30.6 Å². The second-order valence-electron chi connectivity index (χ2n) is 12.9. The van der Waals surface area contributed by atoms with Crippen molar-refractivity contribution in [3.05, 3.63) is 65.5 Å².